The van der Waals surface area contributed by atoms with E-state index in [1.807, 2.05) is 66.7 Å². The van der Waals surface area contributed by atoms with Crippen molar-refractivity contribution in [1.82, 2.24) is 0 Å². The molecule has 0 N–H and O–H groups in total. The molecule has 6 heteroatoms. The van der Waals surface area contributed by atoms with E-state index in [-0.39, 0.29) is 17.3 Å². The molecule has 6 rings (SSSR count). The highest BCUT2D eigenvalue weighted by Crippen LogP contribution is 2.39. The molecule has 0 aliphatic carbocycles. The van der Waals surface area contributed by atoms with Gasteiger partial charge in [-0.05, 0) is 66.1 Å². The van der Waals surface area contributed by atoms with Gasteiger partial charge in [0.1, 0.15) is 17.1 Å². The molecule has 1 aliphatic heterocycles. The highest BCUT2D eigenvalue weighted by atomic mass is 79.9. The number of furan rings is 1. The average molecular weight is 551 g/mol. The lowest BCUT2D eigenvalue weighted by atomic mass is 10.0. The van der Waals surface area contributed by atoms with Crippen LogP contribution in [0.2, 0.25) is 0 Å². The molecule has 0 fully saturated rings. The Labute approximate surface area is 221 Å². The van der Waals surface area contributed by atoms with Crippen LogP contribution in [0, 0.1) is 6.92 Å². The van der Waals surface area contributed by atoms with Crippen LogP contribution >= 0.6 is 15.9 Å². The molecule has 1 aromatic heterocycles. The highest BCUT2D eigenvalue weighted by Gasteiger charge is 2.31. The molecule has 180 valence electrons. The molecular weight excluding hydrogens is 532 g/mol. The number of hydrogen-bond donors (Lipinski definition) is 0. The van der Waals surface area contributed by atoms with Crippen LogP contribution in [-0.2, 0) is 0 Å². The van der Waals surface area contributed by atoms with Crippen molar-refractivity contribution in [2.45, 2.75) is 6.92 Å². The summed E-state index contributed by atoms with van der Waals surface area (Å²) in [4.78, 5) is 25.8. The maximum absolute atomic E-state index is 13.0. The first-order chi connectivity index (χ1) is 18.0. The summed E-state index contributed by atoms with van der Waals surface area (Å²) in [5.41, 5.74) is 4.62. The van der Waals surface area contributed by atoms with Gasteiger partial charge >= 0.3 is 5.97 Å². The minimum Gasteiger partial charge on any atom is -0.452 e. The molecule has 0 unspecified atom stereocenters. The van der Waals surface area contributed by atoms with E-state index >= 15 is 0 Å². The van der Waals surface area contributed by atoms with Crippen molar-refractivity contribution in [1.29, 1.82) is 0 Å². The fourth-order valence-corrected chi connectivity index (χ4v) is 4.68. The number of esters is 1. The predicted molar refractivity (Wildman–Crippen MR) is 145 cm³/mol. The summed E-state index contributed by atoms with van der Waals surface area (Å²) >= 11 is 3.41. The summed E-state index contributed by atoms with van der Waals surface area (Å²) in [5.74, 6) is 0.143. The molecule has 0 amide bonds. The fraction of sp³-hybridized carbons (Fsp3) is 0.0323. The topological polar surface area (TPSA) is 65.7 Å². The summed E-state index contributed by atoms with van der Waals surface area (Å²) in [6.45, 7) is 1.75. The van der Waals surface area contributed by atoms with Crippen molar-refractivity contribution < 1.29 is 23.5 Å². The maximum atomic E-state index is 13.0. The summed E-state index contributed by atoms with van der Waals surface area (Å²) in [6, 6.07) is 28.3. The molecule has 0 saturated carbocycles. The Hall–Kier alpha value is -4.42. The second-order valence-corrected chi connectivity index (χ2v) is 9.59. The van der Waals surface area contributed by atoms with E-state index in [4.69, 9.17) is 13.9 Å². The Morgan fingerprint density at radius 2 is 1.65 bits per heavy atom. The lowest BCUT2D eigenvalue weighted by Gasteiger charge is -2.09. The van der Waals surface area contributed by atoms with E-state index in [1.165, 1.54) is 0 Å². The number of ketones is 1. The molecule has 0 saturated heterocycles. The Morgan fingerprint density at radius 1 is 0.892 bits per heavy atom. The van der Waals surface area contributed by atoms with Gasteiger partial charge in [0.2, 0.25) is 11.5 Å². The van der Waals surface area contributed by atoms with Crippen LogP contribution in [0.15, 0.2) is 106 Å². The number of benzene rings is 4. The van der Waals surface area contributed by atoms with Crippen molar-refractivity contribution in [3.05, 3.63) is 124 Å². The third-order valence-corrected chi connectivity index (χ3v) is 6.73. The number of rotatable bonds is 4. The molecule has 37 heavy (non-hydrogen) atoms. The van der Waals surface area contributed by atoms with E-state index in [0.717, 1.165) is 26.5 Å². The average Bonchev–Trinajstić information content (AvgIpc) is 3.48. The first-order valence-electron chi connectivity index (χ1n) is 11.6. The number of allylic oxidation sites excluding steroid dienone is 1. The van der Waals surface area contributed by atoms with Gasteiger partial charge in [-0.15, -0.1) is 0 Å². The van der Waals surface area contributed by atoms with Crippen LogP contribution in [0.25, 0.3) is 28.2 Å². The number of hydrogen-bond acceptors (Lipinski definition) is 5. The number of Topliss-reactive ketones (excluding diaryl/α,β-unsaturated/α-hetero) is 1. The number of halogens is 1. The van der Waals surface area contributed by atoms with Crippen LogP contribution in [0.4, 0.5) is 0 Å². The predicted octanol–water partition coefficient (Wildman–Crippen LogP) is 8.01. The van der Waals surface area contributed by atoms with Crippen molar-refractivity contribution >= 4 is 44.7 Å². The monoisotopic (exact) mass is 550 g/mol. The van der Waals surface area contributed by atoms with E-state index in [2.05, 4.69) is 15.9 Å². The van der Waals surface area contributed by atoms with Crippen molar-refractivity contribution in [2.24, 2.45) is 0 Å². The van der Waals surface area contributed by atoms with Crippen LogP contribution in [0.3, 0.4) is 0 Å². The van der Waals surface area contributed by atoms with Gasteiger partial charge in [-0.2, -0.15) is 0 Å². The highest BCUT2D eigenvalue weighted by molar-refractivity contribution is 9.10. The second kappa shape index (κ2) is 9.22. The smallest absolute Gasteiger partial charge is 0.379 e. The first-order valence-corrected chi connectivity index (χ1v) is 12.4. The summed E-state index contributed by atoms with van der Waals surface area (Å²) in [6.07, 6.45) is 1.72. The summed E-state index contributed by atoms with van der Waals surface area (Å²) in [7, 11) is 0. The quantitative estimate of drug-likeness (QED) is 0.129. The van der Waals surface area contributed by atoms with Gasteiger partial charge in [0.05, 0.1) is 5.56 Å². The van der Waals surface area contributed by atoms with E-state index < -0.39 is 5.97 Å². The lowest BCUT2D eigenvalue weighted by molar-refractivity contribution is 0.0702. The van der Waals surface area contributed by atoms with Crippen LogP contribution in [-0.4, -0.2) is 11.8 Å². The molecule has 0 bridgehead atoms. The number of ether oxygens (including phenoxy) is 2. The van der Waals surface area contributed by atoms with Crippen LogP contribution in [0.1, 0.15) is 32.0 Å². The number of fused-ring (bicyclic) bond motifs is 2. The van der Waals surface area contributed by atoms with Crippen LogP contribution < -0.4 is 9.47 Å². The SMILES string of the molecule is Cc1c(OC(=O)c2cc3cc(Br)ccc3o2)ccc2c1O/C(=C\c1ccc(-c3ccccc3)cc1)C2=O. The lowest BCUT2D eigenvalue weighted by Crippen LogP contribution is -2.08. The molecule has 0 spiro atoms. The molecule has 0 atom stereocenters. The maximum Gasteiger partial charge on any atom is 0.379 e. The summed E-state index contributed by atoms with van der Waals surface area (Å²) < 4.78 is 18.1. The summed E-state index contributed by atoms with van der Waals surface area (Å²) in [5, 5.41) is 0.785. The Bertz CT molecular complexity index is 1710. The van der Waals surface area contributed by atoms with Gasteiger partial charge in [0.15, 0.2) is 5.76 Å². The van der Waals surface area contributed by atoms with Gasteiger partial charge in [-0.25, -0.2) is 4.79 Å². The molecular formula is C31H19BrO5. The van der Waals surface area contributed by atoms with E-state index in [9.17, 15) is 9.59 Å². The molecule has 2 heterocycles. The Balaban J connectivity index is 1.23. The molecule has 0 radical (unpaired) electrons. The van der Waals surface area contributed by atoms with Crippen molar-refractivity contribution in [2.75, 3.05) is 0 Å². The van der Waals surface area contributed by atoms with Gasteiger partial charge in [-0.1, -0.05) is 70.5 Å². The Morgan fingerprint density at radius 3 is 2.43 bits per heavy atom. The second-order valence-electron chi connectivity index (χ2n) is 8.68. The molecule has 5 aromatic rings. The van der Waals surface area contributed by atoms with E-state index in [0.29, 0.717) is 28.2 Å². The van der Waals surface area contributed by atoms with Gasteiger partial charge < -0.3 is 13.9 Å². The zero-order valence-electron chi connectivity index (χ0n) is 19.7. The largest absolute Gasteiger partial charge is 0.452 e. The fourth-order valence-electron chi connectivity index (χ4n) is 4.30. The number of carbonyl (C=O) groups excluding carboxylic acids is 2. The minimum absolute atomic E-state index is 0.0875. The minimum atomic E-state index is -0.631. The third-order valence-electron chi connectivity index (χ3n) is 6.23. The third kappa shape index (κ3) is 4.36. The molecule has 1 aliphatic rings. The van der Waals surface area contributed by atoms with Gasteiger partial charge in [-0.3, -0.25) is 4.79 Å². The molecule has 5 nitrogen and oxygen atoms in total. The van der Waals surface area contributed by atoms with E-state index in [1.54, 1.807) is 37.3 Å². The van der Waals surface area contributed by atoms with Crippen molar-refractivity contribution in [3.63, 3.8) is 0 Å². The molecule has 4 aromatic carbocycles. The van der Waals surface area contributed by atoms with Gasteiger partial charge in [0.25, 0.3) is 0 Å². The first kappa shape index (κ1) is 23.0. The van der Waals surface area contributed by atoms with Gasteiger partial charge in [0, 0.05) is 15.4 Å². The Kier molecular flexibility index (Phi) is 5.74. The van der Waals surface area contributed by atoms with Crippen LogP contribution in [0.5, 0.6) is 11.5 Å². The standard InChI is InChI=1S/C31H19BrO5/c1-18-25(37-31(34)28-17-22-16-23(32)11-13-26(22)35-28)14-12-24-29(33)27(36-30(18)24)15-19-7-9-21(10-8-19)20-5-3-2-4-6-20/h2-17H,1H3/b27-15-. The zero-order valence-corrected chi connectivity index (χ0v) is 21.2. The van der Waals surface area contributed by atoms with Crippen molar-refractivity contribution in [3.8, 4) is 22.6 Å². The normalized spacial score (nSPS) is 13.6. The zero-order chi connectivity index (χ0) is 25.5. The number of carbonyl (C=O) groups is 2.